The fourth-order valence-corrected chi connectivity index (χ4v) is 3.70. The first-order chi connectivity index (χ1) is 11.5. The molecule has 3 rings (SSSR count). The van der Waals surface area contributed by atoms with Crippen molar-refractivity contribution in [1.29, 1.82) is 0 Å². The lowest BCUT2D eigenvalue weighted by molar-refractivity contribution is -0.130. The van der Waals surface area contributed by atoms with Crippen LogP contribution in [0, 0.1) is 12.8 Å². The molecule has 0 unspecified atom stereocenters. The number of benzene rings is 1. The van der Waals surface area contributed by atoms with Gasteiger partial charge in [-0.1, -0.05) is 30.3 Å². The van der Waals surface area contributed by atoms with Gasteiger partial charge in [-0.15, -0.1) is 11.3 Å². The van der Waals surface area contributed by atoms with E-state index in [2.05, 4.69) is 10.3 Å². The maximum absolute atomic E-state index is 12.4. The highest BCUT2D eigenvalue weighted by molar-refractivity contribution is 7.09. The van der Waals surface area contributed by atoms with Gasteiger partial charge < -0.3 is 10.2 Å². The number of hydrogen-bond acceptors (Lipinski definition) is 4. The molecule has 1 aromatic carbocycles. The van der Waals surface area contributed by atoms with E-state index >= 15 is 0 Å². The second kappa shape index (κ2) is 7.13. The van der Waals surface area contributed by atoms with Crippen molar-refractivity contribution in [1.82, 2.24) is 15.2 Å². The number of nitrogens with one attached hydrogen (secondary N) is 1. The third-order valence-electron chi connectivity index (χ3n) is 4.36. The first-order valence-corrected chi connectivity index (χ1v) is 8.95. The summed E-state index contributed by atoms with van der Waals surface area (Å²) in [5, 5.41) is 5.75. The molecule has 1 aliphatic heterocycles. The van der Waals surface area contributed by atoms with Crippen LogP contribution >= 0.6 is 11.3 Å². The molecule has 0 bridgehead atoms. The summed E-state index contributed by atoms with van der Waals surface area (Å²) in [6.45, 7) is 4.83. The van der Waals surface area contributed by atoms with Gasteiger partial charge in [0.25, 0.3) is 0 Å². The van der Waals surface area contributed by atoms with Crippen molar-refractivity contribution in [3.05, 3.63) is 52.0 Å². The SMILES string of the molecule is Cc1csc(CNC(=O)[C@H]2CC(=O)N([C@@H](C)c3ccccc3)C2)n1. The van der Waals surface area contributed by atoms with Gasteiger partial charge in [0, 0.05) is 24.0 Å². The number of hydrogen-bond donors (Lipinski definition) is 1. The maximum Gasteiger partial charge on any atom is 0.225 e. The second-order valence-corrected chi connectivity index (χ2v) is 7.08. The van der Waals surface area contributed by atoms with E-state index in [-0.39, 0.29) is 30.2 Å². The predicted octanol–water partition coefficient (Wildman–Crippen LogP) is 2.68. The molecule has 2 amide bonds. The lowest BCUT2D eigenvalue weighted by atomic mass is 10.1. The summed E-state index contributed by atoms with van der Waals surface area (Å²) in [4.78, 5) is 30.8. The van der Waals surface area contributed by atoms with Crippen LogP contribution in [0.15, 0.2) is 35.7 Å². The Labute approximate surface area is 145 Å². The van der Waals surface area contributed by atoms with E-state index in [1.54, 1.807) is 4.90 Å². The highest BCUT2D eigenvalue weighted by atomic mass is 32.1. The normalized spacial score (nSPS) is 18.7. The van der Waals surface area contributed by atoms with Gasteiger partial charge in [-0.05, 0) is 19.4 Å². The van der Waals surface area contributed by atoms with Gasteiger partial charge >= 0.3 is 0 Å². The molecule has 0 aliphatic carbocycles. The van der Waals surface area contributed by atoms with E-state index in [1.807, 2.05) is 49.6 Å². The van der Waals surface area contributed by atoms with E-state index in [0.717, 1.165) is 16.3 Å². The number of likely N-dealkylation sites (tertiary alicyclic amines) is 1. The van der Waals surface area contributed by atoms with E-state index in [4.69, 9.17) is 0 Å². The fourth-order valence-electron chi connectivity index (χ4n) is 2.98. The van der Waals surface area contributed by atoms with Crippen LogP contribution < -0.4 is 5.32 Å². The second-order valence-electron chi connectivity index (χ2n) is 6.13. The minimum absolute atomic E-state index is 0.0156. The van der Waals surface area contributed by atoms with Gasteiger partial charge in [-0.25, -0.2) is 4.98 Å². The van der Waals surface area contributed by atoms with Gasteiger partial charge in [0.15, 0.2) is 0 Å². The van der Waals surface area contributed by atoms with Crippen molar-refractivity contribution < 1.29 is 9.59 Å². The molecule has 6 heteroatoms. The van der Waals surface area contributed by atoms with Crippen molar-refractivity contribution >= 4 is 23.2 Å². The van der Waals surface area contributed by atoms with E-state index in [9.17, 15) is 9.59 Å². The number of carbonyl (C=O) groups excluding carboxylic acids is 2. The number of thiazole rings is 1. The molecule has 24 heavy (non-hydrogen) atoms. The van der Waals surface area contributed by atoms with Crippen LogP contribution in [0.25, 0.3) is 0 Å². The summed E-state index contributed by atoms with van der Waals surface area (Å²) in [5.74, 6) is -0.319. The third kappa shape index (κ3) is 3.64. The minimum Gasteiger partial charge on any atom is -0.349 e. The lowest BCUT2D eigenvalue weighted by Gasteiger charge is -2.25. The van der Waals surface area contributed by atoms with Gasteiger partial charge in [0.1, 0.15) is 5.01 Å². The maximum atomic E-state index is 12.4. The zero-order chi connectivity index (χ0) is 17.1. The summed E-state index contributed by atoms with van der Waals surface area (Å²) in [6.07, 6.45) is 0.278. The molecule has 0 radical (unpaired) electrons. The Bertz CT molecular complexity index is 729. The van der Waals surface area contributed by atoms with E-state index in [0.29, 0.717) is 13.1 Å². The number of rotatable bonds is 5. The van der Waals surface area contributed by atoms with Gasteiger partial charge in [-0.2, -0.15) is 0 Å². The number of carbonyl (C=O) groups is 2. The Balaban J connectivity index is 1.58. The van der Waals surface area contributed by atoms with Crippen LogP contribution in [0.5, 0.6) is 0 Å². The van der Waals surface area contributed by atoms with Gasteiger partial charge in [0.05, 0.1) is 18.5 Å². The van der Waals surface area contributed by atoms with Gasteiger partial charge in [0.2, 0.25) is 11.8 Å². The summed E-state index contributed by atoms with van der Waals surface area (Å²) < 4.78 is 0. The number of aryl methyl sites for hydroxylation is 1. The average molecular weight is 343 g/mol. The molecule has 1 N–H and O–H groups in total. The Morgan fingerprint density at radius 3 is 2.83 bits per heavy atom. The van der Waals surface area contributed by atoms with Crippen molar-refractivity contribution in [2.75, 3.05) is 6.54 Å². The minimum atomic E-state index is -0.287. The molecule has 1 aliphatic rings. The molecule has 0 saturated carbocycles. The summed E-state index contributed by atoms with van der Waals surface area (Å²) in [7, 11) is 0. The van der Waals surface area contributed by atoms with Crippen molar-refractivity contribution in [2.24, 2.45) is 5.92 Å². The highest BCUT2D eigenvalue weighted by Crippen LogP contribution is 2.28. The lowest BCUT2D eigenvalue weighted by Crippen LogP contribution is -2.33. The largest absolute Gasteiger partial charge is 0.349 e. The molecule has 126 valence electrons. The molecule has 0 spiro atoms. The highest BCUT2D eigenvalue weighted by Gasteiger charge is 2.36. The third-order valence-corrected chi connectivity index (χ3v) is 5.33. The first kappa shape index (κ1) is 16.6. The van der Waals surface area contributed by atoms with Crippen LogP contribution in [0.3, 0.4) is 0 Å². The summed E-state index contributed by atoms with van der Waals surface area (Å²) in [5.41, 5.74) is 2.05. The van der Waals surface area contributed by atoms with Crippen molar-refractivity contribution in [2.45, 2.75) is 32.9 Å². The Morgan fingerprint density at radius 2 is 2.17 bits per heavy atom. The first-order valence-electron chi connectivity index (χ1n) is 8.07. The Hall–Kier alpha value is -2.21. The summed E-state index contributed by atoms with van der Waals surface area (Å²) >= 11 is 1.53. The molecule has 2 aromatic rings. The smallest absolute Gasteiger partial charge is 0.225 e. The molecule has 2 atom stereocenters. The standard InChI is InChI=1S/C18H21N3O2S/c1-12-11-24-16(20-12)9-19-18(23)15-8-17(22)21(10-15)13(2)14-6-4-3-5-7-14/h3-7,11,13,15H,8-10H2,1-2H3,(H,19,23)/t13-,15-/m0/s1. The van der Waals surface area contributed by atoms with Crippen molar-refractivity contribution in [3.8, 4) is 0 Å². The molecular weight excluding hydrogens is 322 g/mol. The number of nitrogens with zero attached hydrogens (tertiary/aromatic N) is 2. The average Bonchev–Trinajstić information content (AvgIpc) is 3.18. The van der Waals surface area contributed by atoms with Crippen LogP contribution in [0.4, 0.5) is 0 Å². The zero-order valence-electron chi connectivity index (χ0n) is 13.9. The number of aromatic nitrogens is 1. The molecule has 1 saturated heterocycles. The van der Waals surface area contributed by atoms with Gasteiger partial charge in [-0.3, -0.25) is 9.59 Å². The fraction of sp³-hybridized carbons (Fsp3) is 0.389. The zero-order valence-corrected chi connectivity index (χ0v) is 14.7. The molecular formula is C18H21N3O2S. The quantitative estimate of drug-likeness (QED) is 0.908. The molecule has 2 heterocycles. The Morgan fingerprint density at radius 1 is 1.42 bits per heavy atom. The van der Waals surface area contributed by atoms with E-state index < -0.39 is 0 Å². The molecule has 5 nitrogen and oxygen atoms in total. The Kier molecular flexibility index (Phi) is 4.94. The van der Waals surface area contributed by atoms with Crippen LogP contribution in [-0.4, -0.2) is 28.2 Å². The van der Waals surface area contributed by atoms with Crippen LogP contribution in [0.1, 0.15) is 35.7 Å². The summed E-state index contributed by atoms with van der Waals surface area (Å²) in [6, 6.07) is 9.89. The predicted molar refractivity (Wildman–Crippen MR) is 93.4 cm³/mol. The monoisotopic (exact) mass is 343 g/mol. The topological polar surface area (TPSA) is 62.3 Å². The van der Waals surface area contributed by atoms with E-state index in [1.165, 1.54) is 11.3 Å². The molecule has 1 fully saturated rings. The van der Waals surface area contributed by atoms with Crippen LogP contribution in [-0.2, 0) is 16.1 Å². The van der Waals surface area contributed by atoms with Crippen molar-refractivity contribution in [3.63, 3.8) is 0 Å². The van der Waals surface area contributed by atoms with Crippen LogP contribution in [0.2, 0.25) is 0 Å². The molecule has 1 aromatic heterocycles. The number of amides is 2.